The summed E-state index contributed by atoms with van der Waals surface area (Å²) >= 11 is 0. The van der Waals surface area contributed by atoms with Gasteiger partial charge in [-0.3, -0.25) is 9.59 Å². The number of likely N-dealkylation sites (tertiary alicyclic amines) is 1. The molecule has 0 unspecified atom stereocenters. The summed E-state index contributed by atoms with van der Waals surface area (Å²) in [5.41, 5.74) is 1.19. The van der Waals surface area contributed by atoms with E-state index in [1.807, 2.05) is 29.4 Å². The van der Waals surface area contributed by atoms with E-state index in [9.17, 15) is 9.59 Å². The molecule has 1 aliphatic carbocycles. The van der Waals surface area contributed by atoms with Gasteiger partial charge in [-0.15, -0.1) is 0 Å². The number of pyridine rings is 1. The van der Waals surface area contributed by atoms with Crippen molar-refractivity contribution in [2.45, 2.75) is 44.2 Å². The number of nitrogens with one attached hydrogen (secondary N) is 1. The molecular formula is C22H29N5O2. The smallest absolute Gasteiger partial charge is 0.251 e. The summed E-state index contributed by atoms with van der Waals surface area (Å²) in [4.78, 5) is 31.8. The van der Waals surface area contributed by atoms with Crippen molar-refractivity contribution >= 4 is 5.91 Å². The van der Waals surface area contributed by atoms with Crippen LogP contribution in [0.15, 0.2) is 41.7 Å². The molecule has 7 heteroatoms. The van der Waals surface area contributed by atoms with Gasteiger partial charge >= 0.3 is 0 Å². The second-order valence-corrected chi connectivity index (χ2v) is 8.85. The zero-order chi connectivity index (χ0) is 19.8. The molecule has 154 valence electrons. The fraction of sp³-hybridized carbons (Fsp3) is 0.591. The van der Waals surface area contributed by atoms with E-state index in [1.165, 1.54) is 0 Å². The van der Waals surface area contributed by atoms with Gasteiger partial charge in [0.15, 0.2) is 0 Å². The summed E-state index contributed by atoms with van der Waals surface area (Å²) in [7, 11) is 0. The van der Waals surface area contributed by atoms with E-state index in [1.54, 1.807) is 6.07 Å². The summed E-state index contributed by atoms with van der Waals surface area (Å²) in [5.74, 6) is 1.10. The molecule has 1 amide bonds. The molecule has 0 radical (unpaired) electrons. The highest BCUT2D eigenvalue weighted by Crippen LogP contribution is 2.40. The van der Waals surface area contributed by atoms with Crippen LogP contribution in [0.25, 0.3) is 0 Å². The first-order valence-electron chi connectivity index (χ1n) is 10.9. The molecule has 2 bridgehead atoms. The SMILES string of the molecule is O=C(NC[C@H]1[C@H]2C[C@H](CN(CCn3ccnc3)C2)c2cccc(=O)n21)C1CCC1. The fourth-order valence-corrected chi connectivity index (χ4v) is 5.28. The first kappa shape index (κ1) is 18.6. The average Bonchev–Trinajstić information content (AvgIpc) is 3.19. The quantitative estimate of drug-likeness (QED) is 0.807. The van der Waals surface area contributed by atoms with Crippen molar-refractivity contribution in [1.82, 2.24) is 24.3 Å². The Bertz CT molecular complexity index is 918. The molecule has 2 aromatic rings. The Morgan fingerprint density at radius 1 is 1.21 bits per heavy atom. The molecule has 4 heterocycles. The number of piperidine rings is 1. The lowest BCUT2D eigenvalue weighted by Gasteiger charge is -2.47. The predicted octanol–water partition coefficient (Wildman–Crippen LogP) is 1.62. The van der Waals surface area contributed by atoms with Gasteiger partial charge in [0.25, 0.3) is 5.56 Å². The number of imidazole rings is 1. The number of carbonyl (C=O) groups excluding carboxylic acids is 1. The number of rotatable bonds is 6. The molecule has 2 fully saturated rings. The monoisotopic (exact) mass is 395 g/mol. The van der Waals surface area contributed by atoms with Crippen molar-refractivity contribution < 1.29 is 4.79 Å². The Labute approximate surface area is 170 Å². The number of aromatic nitrogens is 3. The van der Waals surface area contributed by atoms with Crippen LogP contribution in [0.4, 0.5) is 0 Å². The first-order chi connectivity index (χ1) is 14.2. The Balaban J connectivity index is 1.34. The highest BCUT2D eigenvalue weighted by molar-refractivity contribution is 5.79. The Morgan fingerprint density at radius 3 is 2.86 bits per heavy atom. The molecule has 1 saturated carbocycles. The number of nitrogens with zero attached hydrogens (tertiary/aromatic N) is 4. The standard InChI is InChI=1S/C22H29N5O2/c28-21-6-2-5-19-17-11-18(14-26(13-17)10-9-25-8-7-23-15-25)20(27(19)21)12-24-22(29)16-3-1-4-16/h2,5-8,15-18,20H,1,3-4,9-14H2,(H,24,29)/t17-,18+,20+/m1/s1. The minimum Gasteiger partial charge on any atom is -0.354 e. The van der Waals surface area contributed by atoms with Crippen LogP contribution < -0.4 is 10.9 Å². The van der Waals surface area contributed by atoms with E-state index in [4.69, 9.17) is 0 Å². The van der Waals surface area contributed by atoms with E-state index in [0.717, 1.165) is 57.6 Å². The fourth-order valence-electron chi connectivity index (χ4n) is 5.28. The minimum atomic E-state index is 0.0371. The molecule has 2 aromatic heterocycles. The second kappa shape index (κ2) is 7.78. The van der Waals surface area contributed by atoms with Gasteiger partial charge in [-0.05, 0) is 31.2 Å². The third-order valence-corrected chi connectivity index (χ3v) is 7.07. The summed E-state index contributed by atoms with van der Waals surface area (Å²) in [6.45, 7) is 4.40. The molecule has 2 aliphatic heterocycles. The molecule has 1 saturated heterocycles. The third kappa shape index (κ3) is 3.64. The maximum absolute atomic E-state index is 12.7. The van der Waals surface area contributed by atoms with Crippen LogP contribution >= 0.6 is 0 Å². The predicted molar refractivity (Wildman–Crippen MR) is 110 cm³/mol. The maximum Gasteiger partial charge on any atom is 0.251 e. The topological polar surface area (TPSA) is 72.2 Å². The summed E-state index contributed by atoms with van der Waals surface area (Å²) in [5, 5.41) is 3.17. The van der Waals surface area contributed by atoms with Gasteiger partial charge in [0, 0.05) is 68.7 Å². The van der Waals surface area contributed by atoms with Gasteiger partial charge in [0.05, 0.1) is 12.4 Å². The molecular weight excluding hydrogens is 366 g/mol. The number of fused-ring (bicyclic) bond motifs is 4. The van der Waals surface area contributed by atoms with Gasteiger partial charge in [0.2, 0.25) is 5.91 Å². The Kier molecular flexibility index (Phi) is 4.99. The van der Waals surface area contributed by atoms with Crippen molar-refractivity contribution in [1.29, 1.82) is 0 Å². The highest BCUT2D eigenvalue weighted by atomic mass is 16.2. The summed E-state index contributed by atoms with van der Waals surface area (Å²) in [6, 6.07) is 5.67. The van der Waals surface area contributed by atoms with Gasteiger partial charge in [0.1, 0.15) is 0 Å². The highest BCUT2D eigenvalue weighted by Gasteiger charge is 2.40. The number of hydrogen-bond donors (Lipinski definition) is 1. The number of amides is 1. The van der Waals surface area contributed by atoms with Gasteiger partial charge in [-0.25, -0.2) is 4.98 Å². The molecule has 7 nitrogen and oxygen atoms in total. The molecule has 5 rings (SSSR count). The van der Waals surface area contributed by atoms with Crippen LogP contribution in [-0.2, 0) is 11.3 Å². The van der Waals surface area contributed by atoms with Gasteiger partial charge in [-0.2, -0.15) is 0 Å². The lowest BCUT2D eigenvalue weighted by molar-refractivity contribution is -0.127. The lowest BCUT2D eigenvalue weighted by atomic mass is 9.78. The van der Waals surface area contributed by atoms with Crippen LogP contribution in [-0.4, -0.2) is 51.1 Å². The largest absolute Gasteiger partial charge is 0.354 e. The molecule has 3 aliphatic rings. The lowest BCUT2D eigenvalue weighted by Crippen LogP contribution is -2.52. The molecule has 1 N–H and O–H groups in total. The van der Waals surface area contributed by atoms with E-state index >= 15 is 0 Å². The van der Waals surface area contributed by atoms with Gasteiger partial charge < -0.3 is 19.4 Å². The van der Waals surface area contributed by atoms with E-state index in [0.29, 0.717) is 18.4 Å². The zero-order valence-corrected chi connectivity index (χ0v) is 16.7. The van der Waals surface area contributed by atoms with E-state index < -0.39 is 0 Å². The van der Waals surface area contributed by atoms with E-state index in [-0.39, 0.29) is 23.4 Å². The summed E-state index contributed by atoms with van der Waals surface area (Å²) < 4.78 is 4.09. The Morgan fingerprint density at radius 2 is 2.10 bits per heavy atom. The number of hydrogen-bond acceptors (Lipinski definition) is 4. The van der Waals surface area contributed by atoms with Crippen molar-refractivity contribution in [2.24, 2.45) is 11.8 Å². The van der Waals surface area contributed by atoms with Crippen LogP contribution in [0.1, 0.15) is 43.3 Å². The molecule has 0 aromatic carbocycles. The van der Waals surface area contributed by atoms with Crippen LogP contribution in [0.2, 0.25) is 0 Å². The third-order valence-electron chi connectivity index (χ3n) is 7.07. The minimum absolute atomic E-state index is 0.0371. The van der Waals surface area contributed by atoms with Crippen LogP contribution in [0, 0.1) is 11.8 Å². The second-order valence-electron chi connectivity index (χ2n) is 8.85. The zero-order valence-electron chi connectivity index (χ0n) is 16.7. The van der Waals surface area contributed by atoms with Crippen molar-refractivity contribution in [3.8, 4) is 0 Å². The average molecular weight is 396 g/mol. The molecule has 3 atom stereocenters. The first-order valence-corrected chi connectivity index (χ1v) is 10.9. The number of carbonyl (C=O) groups is 1. The van der Waals surface area contributed by atoms with Crippen LogP contribution in [0.3, 0.4) is 0 Å². The van der Waals surface area contributed by atoms with Crippen molar-refractivity contribution in [3.05, 3.63) is 53.0 Å². The maximum atomic E-state index is 12.7. The molecule has 0 spiro atoms. The van der Waals surface area contributed by atoms with Crippen molar-refractivity contribution in [2.75, 3.05) is 26.2 Å². The van der Waals surface area contributed by atoms with Crippen molar-refractivity contribution in [3.63, 3.8) is 0 Å². The van der Waals surface area contributed by atoms with Crippen LogP contribution in [0.5, 0.6) is 0 Å². The summed E-state index contributed by atoms with van der Waals surface area (Å²) in [6.07, 6.45) is 9.92. The van der Waals surface area contributed by atoms with E-state index in [2.05, 4.69) is 25.8 Å². The Hall–Kier alpha value is -2.41. The normalized spacial score (nSPS) is 26.6. The van der Waals surface area contributed by atoms with Gasteiger partial charge in [-0.1, -0.05) is 12.5 Å². The molecule has 29 heavy (non-hydrogen) atoms.